The maximum Gasteiger partial charge on any atom is 0.336 e. The normalized spacial score (nSPS) is 11.0. The minimum absolute atomic E-state index is 0.0993. The van der Waals surface area contributed by atoms with E-state index in [1.165, 1.54) is 12.1 Å². The Morgan fingerprint density at radius 1 is 0.818 bits per heavy atom. The fraction of sp³-hybridized carbons (Fsp3) is 0. The largest absolute Gasteiger partial charge is 0.478 e. The van der Waals surface area contributed by atoms with E-state index in [1.807, 2.05) is 0 Å². The molecule has 22 heavy (non-hydrogen) atoms. The number of hydrogen-bond acceptors (Lipinski definition) is 2. The highest BCUT2D eigenvalue weighted by Gasteiger charge is 2.21. The number of carbonyl (C=O) groups is 2. The zero-order valence-electron chi connectivity index (χ0n) is 10.9. The first-order chi connectivity index (χ1) is 10.4. The molecule has 0 unspecified atom stereocenters. The Bertz CT molecular complexity index is 963. The van der Waals surface area contributed by atoms with Crippen LogP contribution in [0.1, 0.15) is 20.7 Å². The molecule has 0 heterocycles. The standard InChI is InChI=1S/C16H8Cl2O4/c17-11-3-1-2-7-9(11)6-10-12(18)5-4-8(15(19)20)13(10)14(7)16(21)22/h1-6H,(H,19,20)(H,21,22). The van der Waals surface area contributed by atoms with Gasteiger partial charge in [0.25, 0.3) is 0 Å². The molecule has 0 saturated heterocycles. The van der Waals surface area contributed by atoms with Gasteiger partial charge in [-0.25, -0.2) is 9.59 Å². The molecule has 0 amide bonds. The second-order valence-electron chi connectivity index (χ2n) is 4.71. The van der Waals surface area contributed by atoms with Crippen molar-refractivity contribution in [2.75, 3.05) is 0 Å². The molecular weight excluding hydrogens is 327 g/mol. The minimum atomic E-state index is -1.23. The molecule has 0 spiro atoms. The van der Waals surface area contributed by atoms with E-state index in [4.69, 9.17) is 23.2 Å². The fourth-order valence-corrected chi connectivity index (χ4v) is 3.03. The highest BCUT2D eigenvalue weighted by atomic mass is 35.5. The molecule has 0 fully saturated rings. The van der Waals surface area contributed by atoms with Crippen molar-refractivity contribution in [1.82, 2.24) is 0 Å². The van der Waals surface area contributed by atoms with Crippen molar-refractivity contribution in [2.24, 2.45) is 0 Å². The van der Waals surface area contributed by atoms with Crippen molar-refractivity contribution in [3.63, 3.8) is 0 Å². The van der Waals surface area contributed by atoms with Crippen LogP contribution in [0.4, 0.5) is 0 Å². The SMILES string of the molecule is O=C(O)c1ccc(Cl)c2cc3c(Cl)cccc3c(C(=O)O)c12. The van der Waals surface area contributed by atoms with Crippen molar-refractivity contribution in [3.8, 4) is 0 Å². The first kappa shape index (κ1) is 14.6. The van der Waals surface area contributed by atoms with Crippen LogP contribution in [0.5, 0.6) is 0 Å². The van der Waals surface area contributed by atoms with E-state index >= 15 is 0 Å². The summed E-state index contributed by atoms with van der Waals surface area (Å²) in [7, 11) is 0. The van der Waals surface area contributed by atoms with Crippen molar-refractivity contribution >= 4 is 56.7 Å². The Kier molecular flexibility index (Phi) is 3.43. The molecule has 3 aromatic carbocycles. The summed E-state index contributed by atoms with van der Waals surface area (Å²) in [5.41, 5.74) is -0.228. The Morgan fingerprint density at radius 3 is 2.14 bits per heavy atom. The minimum Gasteiger partial charge on any atom is -0.478 e. The summed E-state index contributed by atoms with van der Waals surface area (Å²) in [6.07, 6.45) is 0. The van der Waals surface area contributed by atoms with Gasteiger partial charge in [-0.3, -0.25) is 0 Å². The third kappa shape index (κ3) is 2.08. The Labute approximate surface area is 134 Å². The molecule has 3 rings (SSSR count). The lowest BCUT2D eigenvalue weighted by Gasteiger charge is -2.12. The van der Waals surface area contributed by atoms with Crippen LogP contribution in [0.25, 0.3) is 21.5 Å². The number of benzene rings is 3. The lowest BCUT2D eigenvalue weighted by molar-refractivity contribution is 0.0696. The molecule has 0 radical (unpaired) electrons. The van der Waals surface area contributed by atoms with E-state index in [2.05, 4.69) is 0 Å². The maximum absolute atomic E-state index is 11.7. The summed E-state index contributed by atoms with van der Waals surface area (Å²) >= 11 is 12.3. The van der Waals surface area contributed by atoms with Gasteiger partial charge in [-0.05, 0) is 29.7 Å². The average Bonchev–Trinajstić information content (AvgIpc) is 2.45. The molecule has 0 aliphatic rings. The Balaban J connectivity index is 2.70. The molecule has 0 atom stereocenters. The molecule has 0 bridgehead atoms. The van der Waals surface area contributed by atoms with E-state index in [-0.39, 0.29) is 21.5 Å². The van der Waals surface area contributed by atoms with Gasteiger partial charge in [0.2, 0.25) is 0 Å². The highest BCUT2D eigenvalue weighted by Crippen LogP contribution is 2.37. The number of carboxylic acid groups (broad SMARTS) is 2. The molecule has 0 saturated carbocycles. The second kappa shape index (κ2) is 5.16. The summed E-state index contributed by atoms with van der Waals surface area (Å²) in [4.78, 5) is 23.2. The molecule has 0 aromatic heterocycles. The topological polar surface area (TPSA) is 74.6 Å². The van der Waals surface area contributed by atoms with Gasteiger partial charge in [-0.15, -0.1) is 0 Å². The first-order valence-electron chi connectivity index (χ1n) is 6.22. The highest BCUT2D eigenvalue weighted by molar-refractivity contribution is 6.40. The van der Waals surface area contributed by atoms with Gasteiger partial charge in [0.05, 0.1) is 11.1 Å². The van der Waals surface area contributed by atoms with Gasteiger partial charge in [-0.2, -0.15) is 0 Å². The van der Waals surface area contributed by atoms with Gasteiger partial charge in [0.1, 0.15) is 0 Å². The monoisotopic (exact) mass is 334 g/mol. The van der Waals surface area contributed by atoms with E-state index in [9.17, 15) is 19.8 Å². The van der Waals surface area contributed by atoms with Crippen LogP contribution in [0.2, 0.25) is 10.0 Å². The van der Waals surface area contributed by atoms with E-state index in [0.717, 1.165) is 0 Å². The number of carboxylic acids is 2. The van der Waals surface area contributed by atoms with Crippen molar-refractivity contribution in [1.29, 1.82) is 0 Å². The van der Waals surface area contributed by atoms with Crippen molar-refractivity contribution in [3.05, 3.63) is 57.6 Å². The van der Waals surface area contributed by atoms with Crippen LogP contribution in [0, 0.1) is 0 Å². The van der Waals surface area contributed by atoms with Gasteiger partial charge in [-0.1, -0.05) is 35.3 Å². The molecule has 110 valence electrons. The molecule has 3 aromatic rings. The van der Waals surface area contributed by atoms with Gasteiger partial charge in [0.15, 0.2) is 0 Å². The first-order valence-corrected chi connectivity index (χ1v) is 6.97. The van der Waals surface area contributed by atoms with Crippen LogP contribution >= 0.6 is 23.2 Å². The third-order valence-corrected chi connectivity index (χ3v) is 4.16. The lowest BCUT2D eigenvalue weighted by atomic mass is 9.93. The summed E-state index contributed by atoms with van der Waals surface area (Å²) in [5.74, 6) is -2.45. The van der Waals surface area contributed by atoms with Crippen LogP contribution in [0.3, 0.4) is 0 Å². The molecular formula is C16H8Cl2O4. The Hall–Kier alpha value is -2.30. The zero-order chi connectivity index (χ0) is 16.0. The second-order valence-corrected chi connectivity index (χ2v) is 5.53. The van der Waals surface area contributed by atoms with Gasteiger partial charge in [0, 0.05) is 26.2 Å². The fourth-order valence-electron chi connectivity index (χ4n) is 2.59. The molecule has 0 aliphatic carbocycles. The van der Waals surface area contributed by atoms with Crippen LogP contribution in [0.15, 0.2) is 36.4 Å². The molecule has 6 heteroatoms. The third-order valence-electron chi connectivity index (χ3n) is 3.50. The predicted molar refractivity (Wildman–Crippen MR) is 85.4 cm³/mol. The smallest absolute Gasteiger partial charge is 0.336 e. The lowest BCUT2D eigenvalue weighted by Crippen LogP contribution is -2.05. The average molecular weight is 335 g/mol. The number of aromatic carboxylic acids is 2. The summed E-state index contributed by atoms with van der Waals surface area (Å²) in [6, 6.07) is 9.20. The zero-order valence-corrected chi connectivity index (χ0v) is 12.4. The summed E-state index contributed by atoms with van der Waals surface area (Å²) in [5, 5.41) is 20.9. The number of rotatable bonds is 2. The predicted octanol–water partition coefficient (Wildman–Crippen LogP) is 4.70. The van der Waals surface area contributed by atoms with Gasteiger partial charge >= 0.3 is 11.9 Å². The van der Waals surface area contributed by atoms with Crippen molar-refractivity contribution in [2.45, 2.75) is 0 Å². The van der Waals surface area contributed by atoms with Crippen LogP contribution < -0.4 is 0 Å². The quantitative estimate of drug-likeness (QED) is 0.666. The summed E-state index contributed by atoms with van der Waals surface area (Å²) < 4.78 is 0. The number of fused-ring (bicyclic) bond motifs is 2. The summed E-state index contributed by atoms with van der Waals surface area (Å²) in [6.45, 7) is 0. The molecule has 4 nitrogen and oxygen atoms in total. The van der Waals surface area contributed by atoms with E-state index in [1.54, 1.807) is 24.3 Å². The number of hydrogen-bond donors (Lipinski definition) is 2. The maximum atomic E-state index is 11.7. The molecule has 2 N–H and O–H groups in total. The number of halogens is 2. The Morgan fingerprint density at radius 2 is 1.50 bits per heavy atom. The van der Waals surface area contributed by atoms with Gasteiger partial charge < -0.3 is 10.2 Å². The van der Waals surface area contributed by atoms with Crippen molar-refractivity contribution < 1.29 is 19.8 Å². The van der Waals surface area contributed by atoms with Crippen LogP contribution in [-0.4, -0.2) is 22.2 Å². The van der Waals surface area contributed by atoms with Crippen LogP contribution in [-0.2, 0) is 0 Å². The van der Waals surface area contributed by atoms with E-state index < -0.39 is 11.9 Å². The molecule has 0 aliphatic heterocycles. The van der Waals surface area contributed by atoms with E-state index in [0.29, 0.717) is 21.2 Å².